The summed E-state index contributed by atoms with van der Waals surface area (Å²) in [6.45, 7) is 1.34. The molecule has 0 saturated carbocycles. The summed E-state index contributed by atoms with van der Waals surface area (Å²) in [5, 5.41) is 8.28. The molecule has 7 nitrogen and oxygen atoms in total. The summed E-state index contributed by atoms with van der Waals surface area (Å²) in [5.41, 5.74) is 3.71. The van der Waals surface area contributed by atoms with Gasteiger partial charge in [0.2, 0.25) is 10.0 Å². The van der Waals surface area contributed by atoms with Crippen LogP contribution in [-0.2, 0) is 29.9 Å². The van der Waals surface area contributed by atoms with Crippen molar-refractivity contribution in [1.29, 1.82) is 0 Å². The van der Waals surface area contributed by atoms with Crippen LogP contribution in [0.15, 0.2) is 59.8 Å². The third kappa shape index (κ3) is 5.69. The van der Waals surface area contributed by atoms with Gasteiger partial charge < -0.3 is 10.1 Å². The number of aryl methyl sites for hydroxylation is 2. The van der Waals surface area contributed by atoms with Gasteiger partial charge in [0.05, 0.1) is 6.20 Å². The molecule has 1 aromatic heterocycles. The molecule has 1 aliphatic rings. The molecule has 0 amide bonds. The SMILES string of the molecule is Cn1cc(S(=O)(=O)NCCOc2ccc3c(c2)C(Cc2cccc(Cl)c2)NCCC3)cn1. The highest BCUT2D eigenvalue weighted by Crippen LogP contribution is 2.30. The predicted octanol–water partition coefficient (Wildman–Crippen LogP) is 3.25. The van der Waals surface area contributed by atoms with Gasteiger partial charge in [-0.1, -0.05) is 29.8 Å². The van der Waals surface area contributed by atoms with Crippen molar-refractivity contribution < 1.29 is 13.2 Å². The van der Waals surface area contributed by atoms with Gasteiger partial charge in [0, 0.05) is 30.9 Å². The molecule has 1 atom stereocenters. The number of nitrogens with one attached hydrogen (secondary N) is 2. The Balaban J connectivity index is 1.41. The number of fused-ring (bicyclic) bond motifs is 1. The number of nitrogens with zero attached hydrogens (tertiary/aromatic N) is 2. The van der Waals surface area contributed by atoms with Crippen LogP contribution in [0.1, 0.15) is 29.2 Å². The Morgan fingerprint density at radius 2 is 2.16 bits per heavy atom. The summed E-state index contributed by atoms with van der Waals surface area (Å²) in [7, 11) is -1.92. The summed E-state index contributed by atoms with van der Waals surface area (Å²) >= 11 is 6.17. The molecule has 0 aliphatic carbocycles. The fraction of sp³-hybridized carbons (Fsp3) is 0.348. The molecule has 2 N–H and O–H groups in total. The molecule has 0 saturated heterocycles. The van der Waals surface area contributed by atoms with E-state index in [0.29, 0.717) is 0 Å². The molecular weight excluding hydrogens is 448 g/mol. The van der Waals surface area contributed by atoms with E-state index in [1.165, 1.54) is 33.8 Å². The Labute approximate surface area is 193 Å². The van der Waals surface area contributed by atoms with E-state index in [9.17, 15) is 8.42 Å². The van der Waals surface area contributed by atoms with Gasteiger partial charge in [-0.15, -0.1) is 0 Å². The fourth-order valence-electron chi connectivity index (χ4n) is 3.93. The summed E-state index contributed by atoms with van der Waals surface area (Å²) in [5.74, 6) is 0.726. The quantitative estimate of drug-likeness (QED) is 0.489. The summed E-state index contributed by atoms with van der Waals surface area (Å²) in [6.07, 6.45) is 5.71. The zero-order valence-corrected chi connectivity index (χ0v) is 19.5. The van der Waals surface area contributed by atoms with Crippen LogP contribution in [0.2, 0.25) is 5.02 Å². The Hall–Kier alpha value is -2.39. The van der Waals surface area contributed by atoms with Crippen molar-refractivity contribution in [2.45, 2.75) is 30.2 Å². The molecule has 3 aromatic rings. The molecular formula is C23H27ClN4O3S. The average Bonchev–Trinajstić information content (AvgIpc) is 3.12. The van der Waals surface area contributed by atoms with E-state index in [1.54, 1.807) is 7.05 Å². The highest BCUT2D eigenvalue weighted by atomic mass is 35.5. The summed E-state index contributed by atoms with van der Waals surface area (Å²) in [6, 6.07) is 14.3. The topological polar surface area (TPSA) is 85.2 Å². The predicted molar refractivity (Wildman–Crippen MR) is 125 cm³/mol. The standard InChI is InChI=1S/C23H27ClN4O3S/c1-28-16-21(15-26-28)32(29,30)27-10-11-31-20-8-7-18-5-3-9-25-23(22(18)14-20)13-17-4-2-6-19(24)12-17/h2,4,6-8,12,14-16,23,25,27H,3,5,9-11,13H2,1H3. The molecule has 1 unspecified atom stereocenters. The molecule has 1 aliphatic heterocycles. The Kier molecular flexibility index (Phi) is 7.15. The first-order chi connectivity index (χ1) is 15.4. The van der Waals surface area contributed by atoms with E-state index >= 15 is 0 Å². The van der Waals surface area contributed by atoms with Gasteiger partial charge in [0.15, 0.2) is 0 Å². The lowest BCUT2D eigenvalue weighted by Crippen LogP contribution is -2.28. The van der Waals surface area contributed by atoms with Crippen molar-refractivity contribution in [2.75, 3.05) is 19.7 Å². The number of aromatic nitrogens is 2. The molecule has 4 rings (SSSR count). The lowest BCUT2D eigenvalue weighted by molar-refractivity contribution is 0.322. The van der Waals surface area contributed by atoms with Gasteiger partial charge in [-0.25, -0.2) is 13.1 Å². The number of sulfonamides is 1. The minimum atomic E-state index is -3.59. The smallest absolute Gasteiger partial charge is 0.243 e. The van der Waals surface area contributed by atoms with Crippen LogP contribution in [-0.4, -0.2) is 37.9 Å². The molecule has 2 heterocycles. The lowest BCUT2D eigenvalue weighted by Gasteiger charge is -2.20. The van der Waals surface area contributed by atoms with Crippen LogP contribution >= 0.6 is 11.6 Å². The largest absolute Gasteiger partial charge is 0.492 e. The number of hydrogen-bond acceptors (Lipinski definition) is 5. The molecule has 32 heavy (non-hydrogen) atoms. The minimum Gasteiger partial charge on any atom is -0.492 e. The second-order valence-electron chi connectivity index (χ2n) is 7.90. The normalized spacial score (nSPS) is 16.4. The number of rotatable bonds is 8. The van der Waals surface area contributed by atoms with E-state index in [1.807, 2.05) is 24.3 Å². The monoisotopic (exact) mass is 474 g/mol. The van der Waals surface area contributed by atoms with Crippen LogP contribution in [0.5, 0.6) is 5.75 Å². The Morgan fingerprint density at radius 1 is 1.28 bits per heavy atom. The first kappa shape index (κ1) is 22.8. The first-order valence-corrected chi connectivity index (χ1v) is 12.5. The highest BCUT2D eigenvalue weighted by Gasteiger charge is 2.20. The van der Waals surface area contributed by atoms with Crippen molar-refractivity contribution in [3.8, 4) is 5.75 Å². The van der Waals surface area contributed by atoms with Gasteiger partial charge in [0.1, 0.15) is 17.3 Å². The van der Waals surface area contributed by atoms with Gasteiger partial charge in [-0.2, -0.15) is 5.10 Å². The average molecular weight is 475 g/mol. The van der Waals surface area contributed by atoms with E-state index in [-0.39, 0.29) is 24.1 Å². The summed E-state index contributed by atoms with van der Waals surface area (Å²) in [4.78, 5) is 0.139. The Bertz CT molecular complexity index is 1180. The van der Waals surface area contributed by atoms with Crippen molar-refractivity contribution >= 4 is 21.6 Å². The first-order valence-electron chi connectivity index (χ1n) is 10.6. The lowest BCUT2D eigenvalue weighted by atomic mass is 9.94. The molecule has 2 aromatic carbocycles. The molecule has 9 heteroatoms. The highest BCUT2D eigenvalue weighted by molar-refractivity contribution is 7.89. The molecule has 170 valence electrons. The second kappa shape index (κ2) is 10.0. The maximum absolute atomic E-state index is 12.3. The van der Waals surface area contributed by atoms with Crippen molar-refractivity contribution in [3.63, 3.8) is 0 Å². The van der Waals surface area contributed by atoms with Crippen molar-refractivity contribution in [1.82, 2.24) is 19.8 Å². The Morgan fingerprint density at radius 3 is 2.94 bits per heavy atom. The number of halogens is 1. The van der Waals surface area contributed by atoms with Crippen LogP contribution in [0.25, 0.3) is 0 Å². The van der Waals surface area contributed by atoms with E-state index in [0.717, 1.165) is 36.6 Å². The van der Waals surface area contributed by atoms with Crippen molar-refractivity contribution in [2.24, 2.45) is 7.05 Å². The van der Waals surface area contributed by atoms with Gasteiger partial charge in [-0.05, 0) is 66.8 Å². The molecule has 0 spiro atoms. The third-order valence-corrected chi connectivity index (χ3v) is 7.14. The van der Waals surface area contributed by atoms with E-state index in [4.69, 9.17) is 16.3 Å². The van der Waals surface area contributed by atoms with Gasteiger partial charge in [0.25, 0.3) is 0 Å². The molecule has 0 fully saturated rings. The van der Waals surface area contributed by atoms with Gasteiger partial charge in [-0.3, -0.25) is 4.68 Å². The van der Waals surface area contributed by atoms with E-state index in [2.05, 4.69) is 33.3 Å². The number of benzene rings is 2. The van der Waals surface area contributed by atoms with Crippen molar-refractivity contribution in [3.05, 3.63) is 76.6 Å². The third-order valence-electron chi connectivity index (χ3n) is 5.49. The fourth-order valence-corrected chi connectivity index (χ4v) is 5.14. The van der Waals surface area contributed by atoms with Crippen LogP contribution in [0.3, 0.4) is 0 Å². The number of hydrogen-bond donors (Lipinski definition) is 2. The van der Waals surface area contributed by atoms with Crippen LogP contribution < -0.4 is 14.8 Å². The summed E-state index contributed by atoms with van der Waals surface area (Å²) < 4.78 is 34.4. The molecule has 0 bridgehead atoms. The van der Waals surface area contributed by atoms with Crippen LogP contribution in [0.4, 0.5) is 0 Å². The second-order valence-corrected chi connectivity index (χ2v) is 10.1. The minimum absolute atomic E-state index is 0.139. The zero-order valence-electron chi connectivity index (χ0n) is 17.9. The maximum atomic E-state index is 12.3. The maximum Gasteiger partial charge on any atom is 0.243 e. The number of ether oxygens (including phenoxy) is 1. The van der Waals surface area contributed by atoms with E-state index < -0.39 is 10.0 Å². The molecule has 0 radical (unpaired) electrons. The van der Waals surface area contributed by atoms with Gasteiger partial charge >= 0.3 is 0 Å². The zero-order chi connectivity index (χ0) is 22.6. The van der Waals surface area contributed by atoms with Crippen LogP contribution in [0, 0.1) is 0 Å².